The number of carbonyl (C=O) groups excluding carboxylic acids is 1. The first-order chi connectivity index (χ1) is 14.4. The fourth-order valence-electron chi connectivity index (χ4n) is 3.62. The van der Waals surface area contributed by atoms with Crippen LogP contribution in [-0.2, 0) is 10.0 Å². The number of sulfonamides is 1. The summed E-state index contributed by atoms with van der Waals surface area (Å²) in [6.45, 7) is 3.14. The van der Waals surface area contributed by atoms with E-state index in [-0.39, 0.29) is 5.91 Å². The highest BCUT2D eigenvalue weighted by Crippen LogP contribution is 2.25. The monoisotopic (exact) mass is 420 g/mol. The van der Waals surface area contributed by atoms with E-state index in [1.807, 2.05) is 55.5 Å². The van der Waals surface area contributed by atoms with Gasteiger partial charge in [-0.1, -0.05) is 42.5 Å². The Kier molecular flexibility index (Phi) is 5.70. The molecule has 0 unspecified atom stereocenters. The maximum Gasteiger partial charge on any atom is 0.255 e. The van der Waals surface area contributed by atoms with E-state index in [9.17, 15) is 13.2 Å². The first kappa shape index (κ1) is 20.3. The molecule has 1 heterocycles. The minimum absolute atomic E-state index is 0.164. The number of hydrogen-bond acceptors (Lipinski definition) is 3. The number of nitrogens with zero attached hydrogens (tertiary/aromatic N) is 1. The molecule has 3 aromatic carbocycles. The lowest BCUT2D eigenvalue weighted by molar-refractivity contribution is 0.102. The first-order valence-corrected chi connectivity index (χ1v) is 11.5. The molecule has 0 bridgehead atoms. The van der Waals surface area contributed by atoms with Crippen LogP contribution >= 0.6 is 0 Å². The molecule has 0 saturated carbocycles. The standard InChI is InChI=1S/C24H24N2O3S/c1-18-6-2-3-7-23(18)25-24(27)21-10-8-19(9-11-21)20-12-14-22(15-13-20)30(28,29)26-16-4-5-17-26/h2-3,6-15H,4-5,16-17H2,1H3,(H,25,27). The molecule has 3 aromatic rings. The first-order valence-electron chi connectivity index (χ1n) is 10.0. The highest BCUT2D eigenvalue weighted by atomic mass is 32.2. The van der Waals surface area contributed by atoms with E-state index >= 15 is 0 Å². The van der Waals surface area contributed by atoms with Crippen molar-refractivity contribution in [2.45, 2.75) is 24.7 Å². The largest absolute Gasteiger partial charge is 0.322 e. The van der Waals surface area contributed by atoms with Gasteiger partial charge >= 0.3 is 0 Å². The van der Waals surface area contributed by atoms with E-state index in [1.165, 1.54) is 0 Å². The Morgan fingerprint density at radius 3 is 2.00 bits per heavy atom. The van der Waals surface area contributed by atoms with Gasteiger partial charge in [0.2, 0.25) is 10.0 Å². The van der Waals surface area contributed by atoms with Gasteiger partial charge in [-0.2, -0.15) is 4.31 Å². The van der Waals surface area contributed by atoms with Gasteiger partial charge in [-0.15, -0.1) is 0 Å². The second-order valence-electron chi connectivity index (χ2n) is 7.48. The van der Waals surface area contributed by atoms with Crippen molar-refractivity contribution >= 4 is 21.6 Å². The summed E-state index contributed by atoms with van der Waals surface area (Å²) >= 11 is 0. The Bertz CT molecular complexity index is 1150. The summed E-state index contributed by atoms with van der Waals surface area (Å²) in [7, 11) is -3.41. The molecule has 0 radical (unpaired) electrons. The fourth-order valence-corrected chi connectivity index (χ4v) is 5.14. The van der Waals surface area contributed by atoms with E-state index < -0.39 is 10.0 Å². The summed E-state index contributed by atoms with van der Waals surface area (Å²) in [6, 6.07) is 21.9. The zero-order chi connectivity index (χ0) is 21.1. The van der Waals surface area contributed by atoms with Crippen molar-refractivity contribution in [3.05, 3.63) is 83.9 Å². The van der Waals surface area contributed by atoms with Crippen LogP contribution in [-0.4, -0.2) is 31.7 Å². The van der Waals surface area contributed by atoms with E-state index in [4.69, 9.17) is 0 Å². The molecular formula is C24H24N2O3S. The van der Waals surface area contributed by atoms with E-state index in [0.717, 1.165) is 35.2 Å². The molecule has 4 rings (SSSR count). The lowest BCUT2D eigenvalue weighted by atomic mass is 10.0. The molecule has 0 atom stereocenters. The number of para-hydroxylation sites is 1. The number of nitrogens with one attached hydrogen (secondary N) is 1. The highest BCUT2D eigenvalue weighted by Gasteiger charge is 2.26. The summed E-state index contributed by atoms with van der Waals surface area (Å²) in [5.41, 5.74) is 4.19. The zero-order valence-electron chi connectivity index (χ0n) is 16.8. The van der Waals surface area contributed by atoms with Crippen molar-refractivity contribution in [3.8, 4) is 11.1 Å². The van der Waals surface area contributed by atoms with Gasteiger partial charge in [0.1, 0.15) is 0 Å². The summed E-state index contributed by atoms with van der Waals surface area (Å²) in [5.74, 6) is -0.164. The van der Waals surface area contributed by atoms with Gasteiger partial charge in [-0.25, -0.2) is 8.42 Å². The molecular weight excluding hydrogens is 396 g/mol. The van der Waals surface area contributed by atoms with Crippen molar-refractivity contribution in [1.29, 1.82) is 0 Å². The van der Waals surface area contributed by atoms with E-state index in [2.05, 4.69) is 5.32 Å². The van der Waals surface area contributed by atoms with Crippen LogP contribution < -0.4 is 5.32 Å². The maximum absolute atomic E-state index is 12.7. The fraction of sp³-hybridized carbons (Fsp3) is 0.208. The predicted molar refractivity (Wildman–Crippen MR) is 119 cm³/mol. The third-order valence-electron chi connectivity index (χ3n) is 5.43. The molecule has 5 nitrogen and oxygen atoms in total. The van der Waals surface area contributed by atoms with Crippen LogP contribution in [0.3, 0.4) is 0 Å². The molecule has 0 spiro atoms. The molecule has 0 aromatic heterocycles. The van der Waals surface area contributed by atoms with Gasteiger partial charge in [0, 0.05) is 24.3 Å². The molecule has 1 N–H and O–H groups in total. The number of amides is 1. The van der Waals surface area contributed by atoms with Gasteiger partial charge in [-0.05, 0) is 66.8 Å². The molecule has 1 aliphatic rings. The van der Waals surface area contributed by atoms with E-state index in [0.29, 0.717) is 23.5 Å². The lowest BCUT2D eigenvalue weighted by Gasteiger charge is -2.15. The molecule has 1 amide bonds. The smallest absolute Gasteiger partial charge is 0.255 e. The van der Waals surface area contributed by atoms with Crippen LogP contribution in [0.2, 0.25) is 0 Å². The topological polar surface area (TPSA) is 66.5 Å². The second-order valence-corrected chi connectivity index (χ2v) is 9.42. The van der Waals surface area contributed by atoms with E-state index in [1.54, 1.807) is 28.6 Å². The van der Waals surface area contributed by atoms with Crippen LogP contribution in [0.5, 0.6) is 0 Å². The average molecular weight is 421 g/mol. The molecule has 1 fully saturated rings. The minimum Gasteiger partial charge on any atom is -0.322 e. The molecule has 0 aliphatic carbocycles. The Morgan fingerprint density at radius 2 is 1.40 bits per heavy atom. The van der Waals surface area contributed by atoms with Crippen LogP contribution in [0.15, 0.2) is 77.7 Å². The molecule has 6 heteroatoms. The van der Waals surface area contributed by atoms with Crippen molar-refractivity contribution in [2.24, 2.45) is 0 Å². The number of aryl methyl sites for hydroxylation is 1. The summed E-state index contributed by atoms with van der Waals surface area (Å²) in [5, 5.41) is 2.93. The van der Waals surface area contributed by atoms with Gasteiger partial charge < -0.3 is 5.32 Å². The summed E-state index contributed by atoms with van der Waals surface area (Å²) in [4.78, 5) is 12.8. The third kappa shape index (κ3) is 4.15. The van der Waals surface area contributed by atoms with Crippen molar-refractivity contribution in [3.63, 3.8) is 0 Å². The molecule has 154 valence electrons. The van der Waals surface area contributed by atoms with Gasteiger partial charge in [0.15, 0.2) is 0 Å². The Labute approximate surface area is 177 Å². The van der Waals surface area contributed by atoms with Gasteiger partial charge in [0.05, 0.1) is 4.90 Å². The van der Waals surface area contributed by atoms with Crippen LogP contribution in [0.25, 0.3) is 11.1 Å². The highest BCUT2D eigenvalue weighted by molar-refractivity contribution is 7.89. The maximum atomic E-state index is 12.7. The number of rotatable bonds is 5. The Morgan fingerprint density at radius 1 is 0.833 bits per heavy atom. The normalized spacial score (nSPS) is 14.6. The number of hydrogen-bond donors (Lipinski definition) is 1. The SMILES string of the molecule is Cc1ccccc1NC(=O)c1ccc(-c2ccc(S(=O)(=O)N3CCCC3)cc2)cc1. The molecule has 1 saturated heterocycles. The second kappa shape index (κ2) is 8.42. The number of benzene rings is 3. The van der Waals surface area contributed by atoms with Crippen molar-refractivity contribution in [2.75, 3.05) is 18.4 Å². The van der Waals surface area contributed by atoms with Crippen LogP contribution in [0.1, 0.15) is 28.8 Å². The van der Waals surface area contributed by atoms with Crippen LogP contribution in [0, 0.1) is 6.92 Å². The van der Waals surface area contributed by atoms with Crippen LogP contribution in [0.4, 0.5) is 5.69 Å². The number of carbonyl (C=O) groups is 1. The summed E-state index contributed by atoms with van der Waals surface area (Å²) < 4.78 is 26.9. The van der Waals surface area contributed by atoms with Gasteiger partial charge in [0.25, 0.3) is 5.91 Å². The number of anilines is 1. The molecule has 30 heavy (non-hydrogen) atoms. The zero-order valence-corrected chi connectivity index (χ0v) is 17.7. The van der Waals surface area contributed by atoms with Crippen molar-refractivity contribution < 1.29 is 13.2 Å². The third-order valence-corrected chi connectivity index (χ3v) is 7.34. The summed E-state index contributed by atoms with van der Waals surface area (Å²) in [6.07, 6.45) is 1.84. The average Bonchev–Trinajstić information content (AvgIpc) is 3.31. The van der Waals surface area contributed by atoms with Crippen molar-refractivity contribution in [1.82, 2.24) is 4.31 Å². The Balaban J connectivity index is 1.49. The minimum atomic E-state index is -3.41. The molecule has 1 aliphatic heterocycles. The predicted octanol–water partition coefficient (Wildman–Crippen LogP) is 4.70. The quantitative estimate of drug-likeness (QED) is 0.651. The van der Waals surface area contributed by atoms with Gasteiger partial charge in [-0.3, -0.25) is 4.79 Å². The lowest BCUT2D eigenvalue weighted by Crippen LogP contribution is -2.27. The Hall–Kier alpha value is -2.96.